The standard InChI is InChI=1S/2C12H8N2O4.C5H12O4.Ru/c2*15-11(16)7-1-3-13-9(5-7)10-6-8(12(17)18)2-4-14-10;1-8-4(6)3-5(7)9-2;/h2*1-6H,(H,15,16)(H,17,18);4-7H,3H2,1-2H3;. The third-order valence-electron chi connectivity index (χ3n) is 5.50. The van der Waals surface area contributed by atoms with E-state index in [-0.39, 0.29) is 48.2 Å². The molecular weight excluding hydrogens is 697 g/mol. The van der Waals surface area contributed by atoms with Gasteiger partial charge in [-0.25, -0.2) is 19.2 Å². The normalized spacial score (nSPS) is 11.2. The zero-order valence-electron chi connectivity index (χ0n) is 24.1. The van der Waals surface area contributed by atoms with E-state index in [2.05, 4.69) is 29.4 Å². The molecule has 0 aliphatic rings. The van der Waals surface area contributed by atoms with Crippen LogP contribution in [0.25, 0.3) is 22.8 Å². The minimum absolute atomic E-state index is 0. The summed E-state index contributed by atoms with van der Waals surface area (Å²) in [5.74, 6) is -4.30. The van der Waals surface area contributed by atoms with Crippen LogP contribution in [0.5, 0.6) is 0 Å². The Morgan fingerprint density at radius 1 is 0.543 bits per heavy atom. The summed E-state index contributed by atoms with van der Waals surface area (Å²) in [6, 6.07) is 10.8. The quantitative estimate of drug-likeness (QED) is 0.101. The molecule has 0 fully saturated rings. The monoisotopic (exact) mass is 726 g/mol. The van der Waals surface area contributed by atoms with Crippen LogP contribution >= 0.6 is 0 Å². The van der Waals surface area contributed by atoms with E-state index >= 15 is 0 Å². The molecule has 4 heterocycles. The van der Waals surface area contributed by atoms with Gasteiger partial charge in [0.2, 0.25) is 0 Å². The molecule has 0 saturated heterocycles. The van der Waals surface area contributed by atoms with Crippen molar-refractivity contribution < 1.29 is 78.8 Å². The fraction of sp³-hybridized carbons (Fsp3) is 0.172. The van der Waals surface area contributed by atoms with Crippen molar-refractivity contribution in [3.05, 3.63) is 95.6 Å². The van der Waals surface area contributed by atoms with Gasteiger partial charge >= 0.3 is 23.9 Å². The van der Waals surface area contributed by atoms with Crippen LogP contribution in [0.1, 0.15) is 47.9 Å². The number of ether oxygens (including phenoxy) is 2. The number of aliphatic hydroxyl groups is 2. The van der Waals surface area contributed by atoms with E-state index in [0.717, 1.165) is 0 Å². The van der Waals surface area contributed by atoms with Crippen LogP contribution in [0.4, 0.5) is 0 Å². The number of carboxylic acid groups (broad SMARTS) is 4. The third-order valence-corrected chi connectivity index (χ3v) is 5.50. The molecule has 17 heteroatoms. The number of hydrogen-bond donors (Lipinski definition) is 6. The van der Waals surface area contributed by atoms with Crippen molar-refractivity contribution in [2.75, 3.05) is 14.2 Å². The molecule has 0 aliphatic heterocycles. The average molecular weight is 726 g/mol. The second-order valence-corrected chi connectivity index (χ2v) is 8.56. The van der Waals surface area contributed by atoms with Crippen molar-refractivity contribution in [1.29, 1.82) is 0 Å². The molecule has 4 aromatic rings. The maximum Gasteiger partial charge on any atom is 0.335 e. The minimum atomic E-state index is -1.08. The maximum absolute atomic E-state index is 10.8. The first-order valence-corrected chi connectivity index (χ1v) is 12.6. The zero-order valence-corrected chi connectivity index (χ0v) is 25.8. The van der Waals surface area contributed by atoms with E-state index in [1.54, 1.807) is 0 Å². The van der Waals surface area contributed by atoms with Gasteiger partial charge in [-0.3, -0.25) is 19.9 Å². The zero-order chi connectivity index (χ0) is 33.5. The summed E-state index contributed by atoms with van der Waals surface area (Å²) in [7, 11) is 2.71. The van der Waals surface area contributed by atoms with Gasteiger partial charge in [0.25, 0.3) is 0 Å². The van der Waals surface area contributed by atoms with E-state index in [0.29, 0.717) is 22.8 Å². The molecule has 6 N–H and O–H groups in total. The molecule has 16 nitrogen and oxygen atoms in total. The van der Waals surface area contributed by atoms with E-state index < -0.39 is 36.5 Å². The van der Waals surface area contributed by atoms with E-state index in [9.17, 15) is 19.2 Å². The van der Waals surface area contributed by atoms with E-state index in [1.165, 1.54) is 87.5 Å². The van der Waals surface area contributed by atoms with Gasteiger partial charge in [-0.2, -0.15) is 0 Å². The Balaban J connectivity index is 0.000000362. The summed E-state index contributed by atoms with van der Waals surface area (Å²) < 4.78 is 8.88. The summed E-state index contributed by atoms with van der Waals surface area (Å²) in [4.78, 5) is 59.2. The number of carbonyl (C=O) groups is 4. The summed E-state index contributed by atoms with van der Waals surface area (Å²) in [6.45, 7) is 0. The number of carboxylic acids is 4. The number of aliphatic hydroxyl groups excluding tert-OH is 2. The van der Waals surface area contributed by atoms with Gasteiger partial charge in [0.1, 0.15) is 0 Å². The molecule has 4 rings (SSSR count). The number of methoxy groups -OCH3 is 2. The van der Waals surface area contributed by atoms with Crippen LogP contribution in [0, 0.1) is 0 Å². The van der Waals surface area contributed by atoms with Crippen molar-refractivity contribution >= 4 is 23.9 Å². The SMILES string of the molecule is COC(O)CC(O)OC.O=C(O)c1ccnc(-c2cc(C(=O)O)ccn2)c1.O=C(O)c1ccnc(-c2cc(C(=O)O)ccn2)c1.[Ru]. The van der Waals surface area contributed by atoms with Gasteiger partial charge in [0, 0.05) is 64.9 Å². The van der Waals surface area contributed by atoms with Crippen LogP contribution in [0.15, 0.2) is 73.3 Å². The van der Waals surface area contributed by atoms with Gasteiger partial charge in [-0.05, 0) is 48.5 Å². The molecule has 4 aromatic heterocycles. The first kappa shape index (κ1) is 39.0. The molecular formula is C29H28N4O12Ru. The predicted molar refractivity (Wildman–Crippen MR) is 153 cm³/mol. The van der Waals surface area contributed by atoms with Crippen molar-refractivity contribution in [1.82, 2.24) is 19.9 Å². The Labute approximate surface area is 273 Å². The first-order valence-electron chi connectivity index (χ1n) is 12.6. The number of nitrogens with zero attached hydrogens (tertiary/aromatic N) is 4. The first-order chi connectivity index (χ1) is 21.4. The molecule has 0 spiro atoms. The third kappa shape index (κ3) is 12.5. The number of hydrogen-bond acceptors (Lipinski definition) is 12. The molecule has 0 radical (unpaired) electrons. The van der Waals surface area contributed by atoms with Gasteiger partial charge in [0.05, 0.1) is 45.0 Å². The maximum atomic E-state index is 10.8. The number of rotatable bonds is 10. The van der Waals surface area contributed by atoms with Crippen molar-refractivity contribution in [3.8, 4) is 22.8 Å². The number of pyridine rings is 4. The van der Waals surface area contributed by atoms with Crippen molar-refractivity contribution in [2.24, 2.45) is 0 Å². The molecule has 0 amide bonds. The van der Waals surface area contributed by atoms with Gasteiger partial charge in [-0.15, -0.1) is 0 Å². The second-order valence-electron chi connectivity index (χ2n) is 8.56. The topological polar surface area (TPSA) is 260 Å². The average Bonchev–Trinajstić information content (AvgIpc) is 3.05. The Morgan fingerprint density at radius 3 is 0.935 bits per heavy atom. The van der Waals surface area contributed by atoms with Crippen molar-refractivity contribution in [3.63, 3.8) is 0 Å². The Bertz CT molecular complexity index is 1410. The summed E-state index contributed by atoms with van der Waals surface area (Å²) in [5.41, 5.74) is 1.56. The fourth-order valence-electron chi connectivity index (χ4n) is 3.18. The van der Waals surface area contributed by atoms with Crippen LogP contribution in [0.3, 0.4) is 0 Å². The smallest absolute Gasteiger partial charge is 0.335 e. The predicted octanol–water partition coefficient (Wildman–Crippen LogP) is 2.38. The minimum Gasteiger partial charge on any atom is -0.478 e. The number of aromatic carboxylic acids is 4. The second kappa shape index (κ2) is 19.4. The molecule has 0 aliphatic carbocycles. The van der Waals surface area contributed by atoms with Crippen LogP contribution < -0.4 is 0 Å². The van der Waals surface area contributed by atoms with Crippen LogP contribution in [-0.2, 0) is 29.0 Å². The van der Waals surface area contributed by atoms with E-state index in [4.69, 9.17) is 30.6 Å². The Kier molecular flexibility index (Phi) is 16.4. The molecule has 46 heavy (non-hydrogen) atoms. The number of aromatic nitrogens is 4. The van der Waals surface area contributed by atoms with Crippen molar-refractivity contribution in [2.45, 2.75) is 19.0 Å². The Hall–Kier alpha value is -5.06. The Morgan fingerprint density at radius 2 is 0.761 bits per heavy atom. The van der Waals surface area contributed by atoms with E-state index in [1.807, 2.05) is 0 Å². The fourth-order valence-corrected chi connectivity index (χ4v) is 3.18. The molecule has 2 atom stereocenters. The largest absolute Gasteiger partial charge is 0.478 e. The summed E-state index contributed by atoms with van der Waals surface area (Å²) in [6.07, 6.45) is 3.55. The van der Waals surface area contributed by atoms with Crippen LogP contribution in [-0.4, -0.2) is 101 Å². The molecule has 0 bridgehead atoms. The van der Waals surface area contributed by atoms with Gasteiger partial charge in [0.15, 0.2) is 12.6 Å². The molecule has 0 aromatic carbocycles. The van der Waals surface area contributed by atoms with Gasteiger partial charge < -0.3 is 40.1 Å². The summed E-state index contributed by atoms with van der Waals surface area (Å²) >= 11 is 0. The summed E-state index contributed by atoms with van der Waals surface area (Å²) in [5, 5.41) is 52.8. The molecule has 2 unspecified atom stereocenters. The van der Waals surface area contributed by atoms with Gasteiger partial charge in [-0.1, -0.05) is 0 Å². The molecule has 0 saturated carbocycles. The van der Waals surface area contributed by atoms with Crippen LogP contribution in [0.2, 0.25) is 0 Å². The molecule has 244 valence electrons.